The van der Waals surface area contributed by atoms with Crippen LogP contribution < -0.4 is 10.6 Å². The Morgan fingerprint density at radius 3 is 2.50 bits per heavy atom. The first-order valence-electron chi connectivity index (χ1n) is 8.04. The molecule has 1 fully saturated rings. The summed E-state index contributed by atoms with van der Waals surface area (Å²) in [5.41, 5.74) is 0.0702. The van der Waals surface area contributed by atoms with Crippen LogP contribution in [0.15, 0.2) is 18.2 Å². The van der Waals surface area contributed by atoms with Gasteiger partial charge in [0.2, 0.25) is 11.8 Å². The standard InChI is InChI=1S/C17H22F2N2O3/c1-10(22)20-16(14-7-2-11(18)8-15(14)19)9-17(24)21-12-3-5-13(23)6-4-12/h2,7-8,12-13,16,23H,3-6,9H2,1H3,(H,20,22)(H,21,24). The van der Waals surface area contributed by atoms with Crippen molar-refractivity contribution in [1.29, 1.82) is 0 Å². The van der Waals surface area contributed by atoms with Gasteiger partial charge in [-0.25, -0.2) is 8.78 Å². The summed E-state index contributed by atoms with van der Waals surface area (Å²) in [7, 11) is 0. The summed E-state index contributed by atoms with van der Waals surface area (Å²) in [5.74, 6) is -2.25. The molecule has 0 saturated heterocycles. The van der Waals surface area contributed by atoms with Crippen molar-refractivity contribution in [2.45, 2.75) is 57.2 Å². The second kappa shape index (κ2) is 8.19. The normalized spacial score (nSPS) is 21.8. The van der Waals surface area contributed by atoms with Crippen LogP contribution in [-0.2, 0) is 9.59 Å². The van der Waals surface area contributed by atoms with Gasteiger partial charge >= 0.3 is 0 Å². The molecular formula is C17H22F2N2O3. The molecule has 24 heavy (non-hydrogen) atoms. The predicted molar refractivity (Wildman–Crippen MR) is 83.9 cm³/mol. The number of benzene rings is 1. The molecule has 2 rings (SSSR count). The average molecular weight is 340 g/mol. The molecule has 0 heterocycles. The first kappa shape index (κ1) is 18.3. The minimum atomic E-state index is -0.864. The first-order valence-corrected chi connectivity index (χ1v) is 8.04. The Bertz CT molecular complexity index is 601. The fraction of sp³-hybridized carbons (Fsp3) is 0.529. The summed E-state index contributed by atoms with van der Waals surface area (Å²) in [4.78, 5) is 23.6. The van der Waals surface area contributed by atoms with Gasteiger partial charge in [0.1, 0.15) is 11.6 Å². The van der Waals surface area contributed by atoms with Crippen molar-refractivity contribution in [3.63, 3.8) is 0 Å². The van der Waals surface area contributed by atoms with Gasteiger partial charge in [-0.1, -0.05) is 6.07 Å². The van der Waals surface area contributed by atoms with Crippen LogP contribution in [0.5, 0.6) is 0 Å². The molecule has 1 unspecified atom stereocenters. The molecule has 7 heteroatoms. The zero-order valence-electron chi connectivity index (χ0n) is 13.5. The number of halogens is 2. The average Bonchev–Trinajstić information content (AvgIpc) is 2.48. The van der Waals surface area contributed by atoms with E-state index in [1.54, 1.807) is 0 Å². The Balaban J connectivity index is 2.02. The molecule has 5 nitrogen and oxygen atoms in total. The van der Waals surface area contributed by atoms with E-state index in [9.17, 15) is 23.5 Å². The number of aliphatic hydroxyl groups excluding tert-OH is 1. The lowest BCUT2D eigenvalue weighted by molar-refractivity contribution is -0.123. The van der Waals surface area contributed by atoms with Crippen LogP contribution in [0.1, 0.15) is 50.6 Å². The number of carbonyl (C=O) groups excluding carboxylic acids is 2. The van der Waals surface area contributed by atoms with Crippen molar-refractivity contribution in [1.82, 2.24) is 10.6 Å². The number of rotatable bonds is 5. The fourth-order valence-electron chi connectivity index (χ4n) is 2.96. The van der Waals surface area contributed by atoms with Crippen molar-refractivity contribution < 1.29 is 23.5 Å². The summed E-state index contributed by atoms with van der Waals surface area (Å²) in [6.45, 7) is 1.27. The number of carbonyl (C=O) groups is 2. The van der Waals surface area contributed by atoms with Gasteiger partial charge in [0.25, 0.3) is 0 Å². The first-order chi connectivity index (χ1) is 11.3. The Hall–Kier alpha value is -2.02. The molecule has 0 spiro atoms. The monoisotopic (exact) mass is 340 g/mol. The molecule has 0 bridgehead atoms. The molecule has 2 amide bonds. The third-order valence-corrected chi connectivity index (χ3v) is 4.17. The molecule has 1 aliphatic carbocycles. The SMILES string of the molecule is CC(=O)NC(CC(=O)NC1CCC(O)CC1)c1ccc(F)cc1F. The molecule has 0 aliphatic heterocycles. The number of hydrogen-bond donors (Lipinski definition) is 3. The van der Waals surface area contributed by atoms with Gasteiger partial charge < -0.3 is 15.7 Å². The van der Waals surface area contributed by atoms with Gasteiger partial charge in [-0.2, -0.15) is 0 Å². The van der Waals surface area contributed by atoms with Crippen LogP contribution in [0.25, 0.3) is 0 Å². The van der Waals surface area contributed by atoms with Crippen molar-refractivity contribution in [2.75, 3.05) is 0 Å². The minimum absolute atomic E-state index is 0.0306. The highest BCUT2D eigenvalue weighted by molar-refractivity contribution is 5.79. The highest BCUT2D eigenvalue weighted by Crippen LogP contribution is 2.23. The van der Waals surface area contributed by atoms with Gasteiger partial charge in [-0.15, -0.1) is 0 Å². The Labute approximate surface area is 139 Å². The quantitative estimate of drug-likeness (QED) is 0.767. The molecule has 1 saturated carbocycles. The maximum Gasteiger partial charge on any atom is 0.222 e. The highest BCUT2D eigenvalue weighted by atomic mass is 19.1. The number of nitrogens with one attached hydrogen (secondary N) is 2. The molecular weight excluding hydrogens is 318 g/mol. The number of amides is 2. The van der Waals surface area contributed by atoms with E-state index in [1.165, 1.54) is 13.0 Å². The summed E-state index contributed by atoms with van der Waals surface area (Å²) in [6, 6.07) is 2.16. The molecule has 3 N–H and O–H groups in total. The van der Waals surface area contributed by atoms with Crippen LogP contribution in [-0.4, -0.2) is 29.1 Å². The smallest absolute Gasteiger partial charge is 0.222 e. The van der Waals surface area contributed by atoms with Crippen molar-refractivity contribution in [2.24, 2.45) is 0 Å². The van der Waals surface area contributed by atoms with E-state index in [1.807, 2.05) is 0 Å². The van der Waals surface area contributed by atoms with Crippen LogP contribution in [0.2, 0.25) is 0 Å². The van der Waals surface area contributed by atoms with Crippen molar-refractivity contribution in [3.05, 3.63) is 35.4 Å². The molecule has 1 aromatic carbocycles. The van der Waals surface area contributed by atoms with E-state index in [-0.39, 0.29) is 30.0 Å². The summed E-state index contributed by atoms with van der Waals surface area (Å²) in [5, 5.41) is 14.9. The van der Waals surface area contributed by atoms with Gasteiger partial charge in [0.15, 0.2) is 0 Å². The lowest BCUT2D eigenvalue weighted by atomic mass is 9.93. The Kier molecular flexibility index (Phi) is 6.25. The lowest BCUT2D eigenvalue weighted by Crippen LogP contribution is -2.40. The Morgan fingerprint density at radius 1 is 1.25 bits per heavy atom. The highest BCUT2D eigenvalue weighted by Gasteiger charge is 2.24. The third-order valence-electron chi connectivity index (χ3n) is 4.17. The maximum absolute atomic E-state index is 14.0. The van der Waals surface area contributed by atoms with Gasteiger partial charge in [-0.3, -0.25) is 9.59 Å². The molecule has 132 valence electrons. The number of aliphatic hydroxyl groups is 1. The second-order valence-electron chi connectivity index (χ2n) is 6.20. The van der Waals surface area contributed by atoms with E-state index in [2.05, 4.69) is 10.6 Å². The maximum atomic E-state index is 14.0. The predicted octanol–water partition coefficient (Wildman–Crippen LogP) is 1.95. The fourth-order valence-corrected chi connectivity index (χ4v) is 2.96. The number of hydrogen-bond acceptors (Lipinski definition) is 3. The lowest BCUT2D eigenvalue weighted by Gasteiger charge is -2.27. The molecule has 0 aromatic heterocycles. The summed E-state index contributed by atoms with van der Waals surface area (Å²) >= 11 is 0. The van der Waals surface area contributed by atoms with Crippen molar-refractivity contribution in [3.8, 4) is 0 Å². The van der Waals surface area contributed by atoms with Crippen LogP contribution in [0.3, 0.4) is 0 Å². The third kappa shape index (κ3) is 5.26. The molecule has 0 radical (unpaired) electrons. The minimum Gasteiger partial charge on any atom is -0.393 e. The topological polar surface area (TPSA) is 78.4 Å². The van der Waals surface area contributed by atoms with Crippen LogP contribution in [0.4, 0.5) is 8.78 Å². The van der Waals surface area contributed by atoms with E-state index >= 15 is 0 Å². The van der Waals surface area contributed by atoms with Crippen LogP contribution in [0, 0.1) is 11.6 Å². The zero-order valence-corrected chi connectivity index (χ0v) is 13.5. The molecule has 1 aromatic rings. The summed E-state index contributed by atoms with van der Waals surface area (Å²) in [6.07, 6.45) is 2.17. The van der Waals surface area contributed by atoms with E-state index < -0.39 is 23.6 Å². The molecule has 1 aliphatic rings. The van der Waals surface area contributed by atoms with E-state index in [0.717, 1.165) is 12.1 Å². The van der Waals surface area contributed by atoms with Crippen LogP contribution >= 0.6 is 0 Å². The zero-order chi connectivity index (χ0) is 17.7. The van der Waals surface area contributed by atoms with E-state index in [4.69, 9.17) is 0 Å². The second-order valence-corrected chi connectivity index (χ2v) is 6.20. The van der Waals surface area contributed by atoms with Gasteiger partial charge in [0.05, 0.1) is 18.6 Å². The van der Waals surface area contributed by atoms with Gasteiger partial charge in [-0.05, 0) is 31.7 Å². The molecule has 1 atom stereocenters. The Morgan fingerprint density at radius 2 is 1.92 bits per heavy atom. The van der Waals surface area contributed by atoms with Crippen molar-refractivity contribution >= 4 is 11.8 Å². The largest absolute Gasteiger partial charge is 0.393 e. The van der Waals surface area contributed by atoms with E-state index in [0.29, 0.717) is 25.7 Å². The van der Waals surface area contributed by atoms with Gasteiger partial charge in [0, 0.05) is 24.6 Å². The summed E-state index contributed by atoms with van der Waals surface area (Å²) < 4.78 is 27.0.